The summed E-state index contributed by atoms with van der Waals surface area (Å²) in [6, 6.07) is 12.6. The minimum absolute atomic E-state index is 0.0545. The number of nitrogens with zero attached hydrogens (tertiary/aromatic N) is 2. The molecule has 0 spiro atoms. The van der Waals surface area contributed by atoms with Crippen LogP contribution in [0.5, 0.6) is 11.5 Å². The first kappa shape index (κ1) is 32.4. The molecule has 3 aromatic rings. The number of fused-ring (bicyclic) bond motifs is 1. The maximum Gasteiger partial charge on any atom is 0.264 e. The van der Waals surface area contributed by atoms with Gasteiger partial charge in [0.15, 0.2) is 11.5 Å². The van der Waals surface area contributed by atoms with Gasteiger partial charge in [0.25, 0.3) is 10.0 Å². The highest BCUT2D eigenvalue weighted by Gasteiger charge is 2.34. The lowest BCUT2D eigenvalue weighted by atomic mass is 10.1. The van der Waals surface area contributed by atoms with Crippen LogP contribution in [0, 0.1) is 5.82 Å². The van der Waals surface area contributed by atoms with Crippen LogP contribution < -0.4 is 19.1 Å². The first-order chi connectivity index (χ1) is 20.4. The third kappa shape index (κ3) is 7.70. The summed E-state index contributed by atoms with van der Waals surface area (Å²) in [5, 5.41) is 3.42. The molecule has 0 fully saturated rings. The molecule has 0 aromatic heterocycles. The monoisotopic (exact) mass is 651 g/mol. The van der Waals surface area contributed by atoms with Crippen molar-refractivity contribution in [2.24, 2.45) is 0 Å². The van der Waals surface area contributed by atoms with Crippen LogP contribution in [0.1, 0.15) is 32.8 Å². The molecule has 1 N–H and O–H groups in total. The first-order valence-electron chi connectivity index (χ1n) is 13.6. The average Bonchev–Trinajstić information content (AvgIpc) is 2.97. The van der Waals surface area contributed by atoms with Gasteiger partial charge in [0.05, 0.1) is 20.6 Å². The number of rotatable bonds is 11. The molecule has 1 aliphatic rings. The summed E-state index contributed by atoms with van der Waals surface area (Å²) in [5.41, 5.74) is 0.639. The third-order valence-electron chi connectivity index (χ3n) is 6.65. The van der Waals surface area contributed by atoms with Gasteiger partial charge < -0.3 is 19.7 Å². The Morgan fingerprint density at radius 1 is 0.953 bits per heavy atom. The molecule has 0 radical (unpaired) electrons. The number of hydrogen-bond acceptors (Lipinski definition) is 6. The van der Waals surface area contributed by atoms with Crippen molar-refractivity contribution in [2.45, 2.75) is 50.7 Å². The van der Waals surface area contributed by atoms with Crippen LogP contribution in [-0.2, 0) is 26.2 Å². The number of halogens is 3. The zero-order valence-corrected chi connectivity index (χ0v) is 26.2. The summed E-state index contributed by atoms with van der Waals surface area (Å²) >= 11 is 12.3. The Morgan fingerprint density at radius 3 is 2.26 bits per heavy atom. The van der Waals surface area contributed by atoms with Crippen LogP contribution in [0.3, 0.4) is 0 Å². The van der Waals surface area contributed by atoms with Crippen molar-refractivity contribution in [3.63, 3.8) is 0 Å². The van der Waals surface area contributed by atoms with E-state index in [0.717, 1.165) is 16.4 Å². The average molecular weight is 653 g/mol. The molecule has 1 heterocycles. The van der Waals surface area contributed by atoms with E-state index in [1.54, 1.807) is 39.0 Å². The molecule has 4 rings (SSSR count). The second-order valence-corrected chi connectivity index (χ2v) is 12.8. The number of benzene rings is 3. The number of sulfonamides is 1. The molecule has 1 atom stereocenters. The van der Waals surface area contributed by atoms with Gasteiger partial charge in [0.2, 0.25) is 11.8 Å². The Bertz CT molecular complexity index is 1590. The molecule has 2 amide bonds. The lowest BCUT2D eigenvalue weighted by molar-refractivity contribution is -0.140. The molecule has 1 aliphatic heterocycles. The minimum Gasteiger partial charge on any atom is -0.486 e. The van der Waals surface area contributed by atoms with Crippen molar-refractivity contribution in [1.29, 1.82) is 0 Å². The normalized spacial score (nSPS) is 13.4. The van der Waals surface area contributed by atoms with Crippen LogP contribution in [0.4, 0.5) is 10.1 Å². The Balaban J connectivity index is 1.75. The van der Waals surface area contributed by atoms with Gasteiger partial charge in [-0.15, -0.1) is 0 Å². The highest BCUT2D eigenvalue weighted by molar-refractivity contribution is 7.92. The van der Waals surface area contributed by atoms with Gasteiger partial charge in [0.1, 0.15) is 31.6 Å². The van der Waals surface area contributed by atoms with Crippen molar-refractivity contribution in [3.05, 3.63) is 82.1 Å². The molecule has 0 bridgehead atoms. The fourth-order valence-corrected chi connectivity index (χ4v) is 6.33. The van der Waals surface area contributed by atoms with Crippen LogP contribution in [-0.4, -0.2) is 57.0 Å². The minimum atomic E-state index is -4.40. The lowest BCUT2D eigenvalue weighted by Gasteiger charge is -2.33. The van der Waals surface area contributed by atoms with E-state index in [0.29, 0.717) is 22.9 Å². The third-order valence-corrected chi connectivity index (χ3v) is 9.16. The van der Waals surface area contributed by atoms with Crippen LogP contribution >= 0.6 is 23.2 Å². The van der Waals surface area contributed by atoms with Gasteiger partial charge in [-0.2, -0.15) is 0 Å². The Kier molecular flexibility index (Phi) is 10.4. The summed E-state index contributed by atoms with van der Waals surface area (Å²) in [6.07, 6.45) is 0.247. The predicted octanol–water partition coefficient (Wildman–Crippen LogP) is 5.43. The smallest absolute Gasteiger partial charge is 0.264 e. The van der Waals surface area contributed by atoms with E-state index in [1.807, 2.05) is 0 Å². The Hall–Kier alpha value is -3.54. The van der Waals surface area contributed by atoms with Crippen molar-refractivity contribution in [3.8, 4) is 11.5 Å². The van der Waals surface area contributed by atoms with E-state index < -0.39 is 40.2 Å². The largest absolute Gasteiger partial charge is 0.486 e. The van der Waals surface area contributed by atoms with Gasteiger partial charge in [-0.1, -0.05) is 36.2 Å². The quantitative estimate of drug-likeness (QED) is 0.296. The number of carbonyl (C=O) groups is 2. The number of hydrogen-bond donors (Lipinski definition) is 1. The van der Waals surface area contributed by atoms with E-state index in [-0.39, 0.29) is 47.0 Å². The van der Waals surface area contributed by atoms with E-state index in [4.69, 9.17) is 32.7 Å². The molecule has 1 unspecified atom stereocenters. The van der Waals surface area contributed by atoms with Crippen molar-refractivity contribution >= 4 is 50.7 Å². The molecule has 13 heteroatoms. The summed E-state index contributed by atoms with van der Waals surface area (Å²) in [5.74, 6) is -1.000. The van der Waals surface area contributed by atoms with Gasteiger partial charge in [0, 0.05) is 18.7 Å². The van der Waals surface area contributed by atoms with E-state index in [9.17, 15) is 22.4 Å². The number of amides is 2. The molecule has 43 heavy (non-hydrogen) atoms. The number of anilines is 1. The molecule has 230 valence electrons. The van der Waals surface area contributed by atoms with Gasteiger partial charge in [-0.3, -0.25) is 13.9 Å². The van der Waals surface area contributed by atoms with Crippen molar-refractivity contribution in [2.75, 3.05) is 24.1 Å². The van der Waals surface area contributed by atoms with Crippen LogP contribution in [0.2, 0.25) is 10.0 Å². The summed E-state index contributed by atoms with van der Waals surface area (Å²) < 4.78 is 54.0. The zero-order chi connectivity index (χ0) is 31.3. The second kappa shape index (κ2) is 13.8. The zero-order valence-electron chi connectivity index (χ0n) is 23.8. The molecular formula is C30H32Cl2FN3O6S. The lowest BCUT2D eigenvalue weighted by Crippen LogP contribution is -2.53. The molecule has 0 aliphatic carbocycles. The first-order valence-corrected chi connectivity index (χ1v) is 15.8. The molecule has 3 aromatic carbocycles. The molecule has 0 saturated carbocycles. The molecule has 0 saturated heterocycles. The number of ether oxygens (including phenoxy) is 2. The molecular weight excluding hydrogens is 620 g/mol. The maximum atomic E-state index is 14.1. The Morgan fingerprint density at radius 2 is 1.63 bits per heavy atom. The SMILES string of the molecule is CCC(C(=O)NC(C)C)N(Cc1ccc(Cl)c(Cl)c1)C(=O)CN(c1ccc(F)cc1)S(=O)(=O)c1ccc2c(c1)OCCO2. The standard InChI is InChI=1S/C30H32Cl2FN3O6S/c1-4-26(30(38)34-19(2)3)35(17-20-5-11-24(31)25(32)15-20)29(37)18-36(22-8-6-21(33)7-9-22)43(39,40)23-10-12-27-28(16-23)42-14-13-41-27/h5-12,15-16,19,26H,4,13-14,17-18H2,1-3H3,(H,34,38). The highest BCUT2D eigenvalue weighted by atomic mass is 35.5. The van der Waals surface area contributed by atoms with Gasteiger partial charge >= 0.3 is 0 Å². The summed E-state index contributed by atoms with van der Waals surface area (Å²) in [7, 11) is -4.40. The van der Waals surface area contributed by atoms with E-state index in [1.165, 1.54) is 35.2 Å². The van der Waals surface area contributed by atoms with Gasteiger partial charge in [-0.25, -0.2) is 12.8 Å². The second-order valence-electron chi connectivity index (χ2n) is 10.2. The number of nitrogens with one attached hydrogen (secondary N) is 1. The summed E-state index contributed by atoms with van der Waals surface area (Å²) in [6.45, 7) is 5.18. The Labute approximate surface area is 260 Å². The highest BCUT2D eigenvalue weighted by Crippen LogP contribution is 2.34. The van der Waals surface area contributed by atoms with E-state index >= 15 is 0 Å². The van der Waals surface area contributed by atoms with E-state index in [2.05, 4.69) is 5.32 Å². The predicted molar refractivity (Wildman–Crippen MR) is 163 cm³/mol. The van der Waals surface area contributed by atoms with Crippen molar-refractivity contribution in [1.82, 2.24) is 10.2 Å². The van der Waals surface area contributed by atoms with Crippen LogP contribution in [0.25, 0.3) is 0 Å². The van der Waals surface area contributed by atoms with Crippen molar-refractivity contribution < 1.29 is 31.9 Å². The fraction of sp³-hybridized carbons (Fsp3) is 0.333. The maximum absolute atomic E-state index is 14.1. The van der Waals surface area contributed by atoms with Gasteiger partial charge in [-0.05, 0) is 74.4 Å². The topological polar surface area (TPSA) is 105 Å². The van der Waals surface area contributed by atoms with Crippen LogP contribution in [0.15, 0.2) is 65.6 Å². The fourth-order valence-electron chi connectivity index (χ4n) is 4.58. The molecule has 9 nitrogen and oxygen atoms in total. The summed E-state index contributed by atoms with van der Waals surface area (Å²) in [4.78, 5) is 28.5. The number of carbonyl (C=O) groups excluding carboxylic acids is 2.